The van der Waals surface area contributed by atoms with Gasteiger partial charge in [0.05, 0.1) is 0 Å². The standard InChI is InChI=1S/C43H82O6/c1-7-39(6)31-25-19-12-8-9-13-20-26-32-41(44)47-35-40(36-48-42(45)33-27-21-16-15-18-24-30-38(4)5)49-43(46)34-28-22-14-10-11-17-23-29-37(2)3/h37-40H,7-36H2,1-6H3/t39?,40-/m1/s1. The van der Waals surface area contributed by atoms with Crippen molar-refractivity contribution in [3.8, 4) is 0 Å². The second-order valence-corrected chi connectivity index (χ2v) is 15.8. The molecule has 0 spiro atoms. The van der Waals surface area contributed by atoms with Crippen molar-refractivity contribution < 1.29 is 28.6 Å². The van der Waals surface area contributed by atoms with E-state index in [1.165, 1.54) is 103 Å². The van der Waals surface area contributed by atoms with Crippen molar-refractivity contribution in [1.29, 1.82) is 0 Å². The maximum absolute atomic E-state index is 12.6. The van der Waals surface area contributed by atoms with E-state index in [0.717, 1.165) is 75.5 Å². The molecule has 0 aliphatic rings. The minimum Gasteiger partial charge on any atom is -0.462 e. The van der Waals surface area contributed by atoms with Crippen LogP contribution in [0.3, 0.4) is 0 Å². The molecule has 0 heterocycles. The van der Waals surface area contributed by atoms with Crippen LogP contribution in [0, 0.1) is 17.8 Å². The van der Waals surface area contributed by atoms with Crippen LogP contribution < -0.4 is 0 Å². The van der Waals surface area contributed by atoms with Gasteiger partial charge in [-0.25, -0.2) is 0 Å². The van der Waals surface area contributed by atoms with E-state index in [2.05, 4.69) is 41.5 Å². The van der Waals surface area contributed by atoms with E-state index in [9.17, 15) is 14.4 Å². The van der Waals surface area contributed by atoms with Crippen molar-refractivity contribution in [1.82, 2.24) is 0 Å². The Kier molecular flexibility index (Phi) is 33.7. The second kappa shape index (κ2) is 34.8. The normalized spacial score (nSPS) is 12.7. The first kappa shape index (κ1) is 47.4. The number of unbranched alkanes of at least 4 members (excludes halogenated alkanes) is 18. The molecule has 0 fully saturated rings. The lowest BCUT2D eigenvalue weighted by molar-refractivity contribution is -0.167. The van der Waals surface area contributed by atoms with Crippen LogP contribution in [0.5, 0.6) is 0 Å². The van der Waals surface area contributed by atoms with Crippen molar-refractivity contribution in [2.24, 2.45) is 17.8 Å². The molecule has 0 N–H and O–H groups in total. The molecule has 0 aliphatic heterocycles. The highest BCUT2D eigenvalue weighted by Crippen LogP contribution is 2.17. The van der Waals surface area contributed by atoms with Gasteiger partial charge < -0.3 is 14.2 Å². The minimum atomic E-state index is -0.761. The Bertz CT molecular complexity index is 763. The second-order valence-electron chi connectivity index (χ2n) is 15.8. The molecule has 0 aromatic rings. The summed E-state index contributed by atoms with van der Waals surface area (Å²) >= 11 is 0. The van der Waals surface area contributed by atoms with Gasteiger partial charge in [0.2, 0.25) is 0 Å². The first-order valence-corrected chi connectivity index (χ1v) is 21.1. The summed E-state index contributed by atoms with van der Waals surface area (Å²) in [6.45, 7) is 13.5. The van der Waals surface area contributed by atoms with Crippen molar-refractivity contribution in [2.75, 3.05) is 13.2 Å². The summed E-state index contributed by atoms with van der Waals surface area (Å²) in [7, 11) is 0. The van der Waals surface area contributed by atoms with Gasteiger partial charge in [0.25, 0.3) is 0 Å². The van der Waals surface area contributed by atoms with Crippen molar-refractivity contribution >= 4 is 17.9 Å². The van der Waals surface area contributed by atoms with E-state index in [1.54, 1.807) is 0 Å². The number of ether oxygens (including phenoxy) is 3. The zero-order valence-corrected chi connectivity index (χ0v) is 33.5. The Morgan fingerprint density at radius 3 is 1.06 bits per heavy atom. The van der Waals surface area contributed by atoms with E-state index < -0.39 is 6.10 Å². The van der Waals surface area contributed by atoms with Crippen LogP contribution in [-0.2, 0) is 28.6 Å². The molecule has 6 nitrogen and oxygen atoms in total. The van der Waals surface area contributed by atoms with Gasteiger partial charge in [-0.2, -0.15) is 0 Å². The van der Waals surface area contributed by atoms with Gasteiger partial charge in [0, 0.05) is 19.3 Å². The molecular formula is C43H82O6. The third-order valence-corrected chi connectivity index (χ3v) is 9.76. The van der Waals surface area contributed by atoms with Crippen LogP contribution in [0.4, 0.5) is 0 Å². The first-order chi connectivity index (χ1) is 23.6. The van der Waals surface area contributed by atoms with E-state index in [4.69, 9.17) is 14.2 Å². The Hall–Kier alpha value is -1.59. The van der Waals surface area contributed by atoms with Gasteiger partial charge in [-0.3, -0.25) is 14.4 Å². The summed E-state index contributed by atoms with van der Waals surface area (Å²) < 4.78 is 16.6. The maximum Gasteiger partial charge on any atom is 0.306 e. The van der Waals surface area contributed by atoms with Gasteiger partial charge in [-0.05, 0) is 37.0 Å². The van der Waals surface area contributed by atoms with Crippen LogP contribution in [-0.4, -0.2) is 37.2 Å². The van der Waals surface area contributed by atoms with Gasteiger partial charge in [0.15, 0.2) is 6.10 Å². The molecule has 0 bridgehead atoms. The number of carbonyl (C=O) groups excluding carboxylic acids is 3. The van der Waals surface area contributed by atoms with Crippen LogP contribution >= 0.6 is 0 Å². The molecule has 290 valence electrons. The fraction of sp³-hybridized carbons (Fsp3) is 0.930. The molecule has 0 aromatic heterocycles. The fourth-order valence-electron chi connectivity index (χ4n) is 6.14. The third kappa shape index (κ3) is 36.0. The lowest BCUT2D eigenvalue weighted by atomic mass is 9.99. The van der Waals surface area contributed by atoms with Crippen molar-refractivity contribution in [2.45, 2.75) is 227 Å². The van der Waals surface area contributed by atoms with Gasteiger partial charge in [-0.1, -0.05) is 183 Å². The number of hydrogen-bond acceptors (Lipinski definition) is 6. The topological polar surface area (TPSA) is 78.9 Å². The number of hydrogen-bond donors (Lipinski definition) is 0. The minimum absolute atomic E-state index is 0.0682. The van der Waals surface area contributed by atoms with Gasteiger partial charge in [-0.15, -0.1) is 0 Å². The van der Waals surface area contributed by atoms with Crippen molar-refractivity contribution in [3.63, 3.8) is 0 Å². The van der Waals surface area contributed by atoms with Gasteiger partial charge >= 0.3 is 17.9 Å². The van der Waals surface area contributed by atoms with E-state index in [0.29, 0.717) is 19.3 Å². The number of esters is 3. The quantitative estimate of drug-likeness (QED) is 0.0369. The highest BCUT2D eigenvalue weighted by atomic mass is 16.6. The predicted molar refractivity (Wildman–Crippen MR) is 206 cm³/mol. The number of rotatable bonds is 36. The molecule has 0 rings (SSSR count). The summed E-state index contributed by atoms with van der Waals surface area (Å²) in [6, 6.07) is 0. The fourth-order valence-corrected chi connectivity index (χ4v) is 6.14. The zero-order valence-electron chi connectivity index (χ0n) is 33.5. The molecule has 0 amide bonds. The molecule has 1 unspecified atom stereocenters. The summed E-state index contributed by atoms with van der Waals surface area (Å²) in [4.78, 5) is 37.5. The number of carbonyl (C=O) groups is 3. The lowest BCUT2D eigenvalue weighted by Gasteiger charge is -2.18. The zero-order chi connectivity index (χ0) is 36.4. The average Bonchev–Trinajstić information content (AvgIpc) is 3.06. The van der Waals surface area contributed by atoms with E-state index in [-0.39, 0.29) is 31.1 Å². The highest BCUT2D eigenvalue weighted by Gasteiger charge is 2.19. The molecule has 2 atom stereocenters. The molecule has 6 heteroatoms. The Balaban J connectivity index is 4.36. The molecule has 0 radical (unpaired) electrons. The van der Waals surface area contributed by atoms with E-state index >= 15 is 0 Å². The average molecular weight is 695 g/mol. The SMILES string of the molecule is CCC(C)CCCCCCCCCCC(=O)OC[C@H](COC(=O)CCCCCCCCC(C)C)OC(=O)CCCCCCCCCC(C)C. The smallest absolute Gasteiger partial charge is 0.306 e. The Morgan fingerprint density at radius 1 is 0.408 bits per heavy atom. The molecule has 0 saturated heterocycles. The van der Waals surface area contributed by atoms with Crippen molar-refractivity contribution in [3.05, 3.63) is 0 Å². The van der Waals surface area contributed by atoms with Crippen LogP contribution in [0.1, 0.15) is 221 Å². The largest absolute Gasteiger partial charge is 0.462 e. The third-order valence-electron chi connectivity index (χ3n) is 9.76. The monoisotopic (exact) mass is 695 g/mol. The van der Waals surface area contributed by atoms with E-state index in [1.807, 2.05) is 0 Å². The van der Waals surface area contributed by atoms with Crippen LogP contribution in [0.25, 0.3) is 0 Å². The van der Waals surface area contributed by atoms with Crippen LogP contribution in [0.15, 0.2) is 0 Å². The molecule has 49 heavy (non-hydrogen) atoms. The molecular weight excluding hydrogens is 612 g/mol. The first-order valence-electron chi connectivity index (χ1n) is 21.1. The summed E-state index contributed by atoms with van der Waals surface area (Å²) in [5.41, 5.74) is 0. The predicted octanol–water partition coefficient (Wildman–Crippen LogP) is 12.9. The molecule has 0 aliphatic carbocycles. The summed E-state index contributed by atoms with van der Waals surface area (Å²) in [5, 5.41) is 0. The molecule has 0 saturated carbocycles. The highest BCUT2D eigenvalue weighted by molar-refractivity contribution is 5.71. The van der Waals surface area contributed by atoms with Crippen LogP contribution in [0.2, 0.25) is 0 Å². The maximum atomic E-state index is 12.6. The lowest BCUT2D eigenvalue weighted by Crippen LogP contribution is -2.30. The Morgan fingerprint density at radius 2 is 0.714 bits per heavy atom. The summed E-state index contributed by atoms with van der Waals surface area (Å²) in [5.74, 6) is 1.51. The Labute approximate surface area is 304 Å². The molecule has 0 aromatic carbocycles. The van der Waals surface area contributed by atoms with Gasteiger partial charge in [0.1, 0.15) is 13.2 Å². The summed E-state index contributed by atoms with van der Waals surface area (Å²) in [6.07, 6.45) is 29.6.